The van der Waals surface area contributed by atoms with Crippen LogP contribution in [0.15, 0.2) is 24.3 Å². The monoisotopic (exact) mass is 152 g/mol. The molecule has 0 aromatic heterocycles. The molecule has 1 atom stereocenters. The van der Waals surface area contributed by atoms with Gasteiger partial charge in [0.25, 0.3) is 0 Å². The molecule has 0 heterocycles. The molecule has 0 aromatic carbocycles. The molecule has 0 saturated heterocycles. The summed E-state index contributed by atoms with van der Waals surface area (Å²) < 4.78 is 0. The van der Waals surface area contributed by atoms with Crippen molar-refractivity contribution < 1.29 is 0 Å². The summed E-state index contributed by atoms with van der Waals surface area (Å²) in [4.78, 5) is 0. The SMILES string of the molecule is C=C(C)/C=C\CC(C)CCC. The minimum Gasteiger partial charge on any atom is -0.0961 e. The van der Waals surface area contributed by atoms with E-state index in [1.807, 2.05) is 6.92 Å². The maximum Gasteiger partial charge on any atom is -0.0322 e. The minimum atomic E-state index is 0.829. The summed E-state index contributed by atoms with van der Waals surface area (Å²) in [7, 11) is 0. The molecule has 0 heteroatoms. The molecule has 64 valence electrons. The lowest BCUT2D eigenvalue weighted by Gasteiger charge is -2.04. The first-order valence-electron chi connectivity index (χ1n) is 4.48. The first kappa shape index (κ1) is 10.5. The van der Waals surface area contributed by atoms with Crippen LogP contribution in [0.1, 0.15) is 40.0 Å². The largest absolute Gasteiger partial charge is 0.0961 e. The van der Waals surface area contributed by atoms with Crippen LogP contribution in [0, 0.1) is 5.92 Å². The molecule has 0 radical (unpaired) electrons. The molecule has 0 N–H and O–H groups in total. The van der Waals surface area contributed by atoms with E-state index in [0.717, 1.165) is 11.5 Å². The Morgan fingerprint density at radius 3 is 2.64 bits per heavy atom. The van der Waals surface area contributed by atoms with E-state index < -0.39 is 0 Å². The highest BCUT2D eigenvalue weighted by atomic mass is 14.0. The normalized spacial score (nSPS) is 13.7. The van der Waals surface area contributed by atoms with E-state index in [2.05, 4.69) is 32.6 Å². The van der Waals surface area contributed by atoms with E-state index in [0.29, 0.717) is 0 Å². The first-order valence-corrected chi connectivity index (χ1v) is 4.48. The maximum atomic E-state index is 3.81. The molecule has 0 nitrogen and oxygen atoms in total. The maximum absolute atomic E-state index is 3.81. The van der Waals surface area contributed by atoms with Gasteiger partial charge in [0, 0.05) is 0 Å². The molecule has 0 bridgehead atoms. The van der Waals surface area contributed by atoms with Gasteiger partial charge in [-0.25, -0.2) is 0 Å². The summed E-state index contributed by atoms with van der Waals surface area (Å²) in [5.74, 6) is 0.829. The summed E-state index contributed by atoms with van der Waals surface area (Å²) in [6, 6.07) is 0. The number of hydrogen-bond donors (Lipinski definition) is 0. The Morgan fingerprint density at radius 1 is 1.55 bits per heavy atom. The lowest BCUT2D eigenvalue weighted by atomic mass is 10.0. The van der Waals surface area contributed by atoms with Crippen molar-refractivity contribution in [3.8, 4) is 0 Å². The second kappa shape index (κ2) is 6.21. The molecule has 0 aliphatic heterocycles. The van der Waals surface area contributed by atoms with E-state index in [1.54, 1.807) is 0 Å². The van der Waals surface area contributed by atoms with Crippen molar-refractivity contribution in [2.75, 3.05) is 0 Å². The number of rotatable bonds is 5. The van der Waals surface area contributed by atoms with Crippen molar-refractivity contribution in [3.63, 3.8) is 0 Å². The Labute approximate surface area is 71.0 Å². The second-order valence-electron chi connectivity index (χ2n) is 3.38. The van der Waals surface area contributed by atoms with E-state index in [-0.39, 0.29) is 0 Å². The Balaban J connectivity index is 3.44. The average Bonchev–Trinajstić information content (AvgIpc) is 1.87. The molecular formula is C11H20. The molecule has 0 rings (SSSR count). The third-order valence-electron chi connectivity index (χ3n) is 1.72. The van der Waals surface area contributed by atoms with Gasteiger partial charge in [0.1, 0.15) is 0 Å². The van der Waals surface area contributed by atoms with Crippen LogP contribution in [0.2, 0.25) is 0 Å². The highest BCUT2D eigenvalue weighted by Gasteiger charge is 1.95. The summed E-state index contributed by atoms with van der Waals surface area (Å²) in [5.41, 5.74) is 1.15. The van der Waals surface area contributed by atoms with Crippen molar-refractivity contribution in [1.82, 2.24) is 0 Å². The molecule has 0 aliphatic rings. The quantitative estimate of drug-likeness (QED) is 0.523. The standard InChI is InChI=1S/C11H20/c1-5-7-11(4)9-6-8-10(2)3/h6,8,11H,2,5,7,9H2,1,3-4H3/b8-6-. The van der Waals surface area contributed by atoms with Gasteiger partial charge in [-0.05, 0) is 19.3 Å². The van der Waals surface area contributed by atoms with Gasteiger partial charge in [-0.2, -0.15) is 0 Å². The van der Waals surface area contributed by atoms with Gasteiger partial charge in [-0.3, -0.25) is 0 Å². The third kappa shape index (κ3) is 7.38. The Hall–Kier alpha value is -0.520. The van der Waals surface area contributed by atoms with Gasteiger partial charge in [-0.15, -0.1) is 0 Å². The van der Waals surface area contributed by atoms with Gasteiger partial charge in [0.2, 0.25) is 0 Å². The second-order valence-corrected chi connectivity index (χ2v) is 3.38. The fourth-order valence-electron chi connectivity index (χ4n) is 1.11. The Kier molecular flexibility index (Phi) is 5.91. The molecule has 0 aliphatic carbocycles. The third-order valence-corrected chi connectivity index (χ3v) is 1.72. The van der Waals surface area contributed by atoms with Crippen molar-refractivity contribution in [3.05, 3.63) is 24.3 Å². The molecule has 1 unspecified atom stereocenters. The fourth-order valence-corrected chi connectivity index (χ4v) is 1.11. The van der Waals surface area contributed by atoms with Crippen LogP contribution in [0.3, 0.4) is 0 Å². The van der Waals surface area contributed by atoms with Gasteiger partial charge >= 0.3 is 0 Å². The molecule has 0 fully saturated rings. The zero-order chi connectivity index (χ0) is 8.69. The fraction of sp³-hybridized carbons (Fsp3) is 0.636. The van der Waals surface area contributed by atoms with Crippen LogP contribution in [-0.2, 0) is 0 Å². The van der Waals surface area contributed by atoms with Gasteiger partial charge in [-0.1, -0.05) is 51.0 Å². The van der Waals surface area contributed by atoms with E-state index in [4.69, 9.17) is 0 Å². The lowest BCUT2D eigenvalue weighted by molar-refractivity contribution is 0.532. The molecule has 11 heavy (non-hydrogen) atoms. The molecule has 0 saturated carbocycles. The van der Waals surface area contributed by atoms with E-state index in [9.17, 15) is 0 Å². The van der Waals surface area contributed by atoms with Crippen molar-refractivity contribution in [1.29, 1.82) is 0 Å². The lowest BCUT2D eigenvalue weighted by Crippen LogP contribution is -1.90. The average molecular weight is 152 g/mol. The van der Waals surface area contributed by atoms with Crippen LogP contribution < -0.4 is 0 Å². The van der Waals surface area contributed by atoms with E-state index in [1.165, 1.54) is 19.3 Å². The molecule has 0 aromatic rings. The zero-order valence-electron chi connectivity index (χ0n) is 8.06. The van der Waals surface area contributed by atoms with Crippen molar-refractivity contribution in [2.45, 2.75) is 40.0 Å². The number of allylic oxidation sites excluding steroid dienone is 3. The van der Waals surface area contributed by atoms with Crippen LogP contribution in [-0.4, -0.2) is 0 Å². The predicted octanol–water partition coefficient (Wildman–Crippen LogP) is 3.95. The summed E-state index contributed by atoms with van der Waals surface area (Å²) in [6.07, 6.45) is 8.15. The molecular weight excluding hydrogens is 132 g/mol. The summed E-state index contributed by atoms with van der Waals surface area (Å²) in [5, 5.41) is 0. The van der Waals surface area contributed by atoms with Gasteiger partial charge < -0.3 is 0 Å². The number of hydrogen-bond acceptors (Lipinski definition) is 0. The smallest absolute Gasteiger partial charge is 0.0322 e. The van der Waals surface area contributed by atoms with Gasteiger partial charge in [0.15, 0.2) is 0 Å². The van der Waals surface area contributed by atoms with Gasteiger partial charge in [0.05, 0.1) is 0 Å². The Morgan fingerprint density at radius 2 is 2.18 bits per heavy atom. The molecule has 0 spiro atoms. The van der Waals surface area contributed by atoms with Crippen LogP contribution >= 0.6 is 0 Å². The van der Waals surface area contributed by atoms with Crippen LogP contribution in [0.25, 0.3) is 0 Å². The topological polar surface area (TPSA) is 0 Å². The van der Waals surface area contributed by atoms with Crippen molar-refractivity contribution >= 4 is 0 Å². The highest BCUT2D eigenvalue weighted by molar-refractivity contribution is 5.10. The van der Waals surface area contributed by atoms with Crippen LogP contribution in [0.4, 0.5) is 0 Å². The highest BCUT2D eigenvalue weighted by Crippen LogP contribution is 2.10. The first-order chi connectivity index (χ1) is 5.16. The minimum absolute atomic E-state index is 0.829. The van der Waals surface area contributed by atoms with E-state index >= 15 is 0 Å². The Bertz CT molecular complexity index is 131. The van der Waals surface area contributed by atoms with Crippen LogP contribution in [0.5, 0.6) is 0 Å². The van der Waals surface area contributed by atoms with Crippen molar-refractivity contribution in [2.24, 2.45) is 5.92 Å². The zero-order valence-corrected chi connectivity index (χ0v) is 8.06. The molecule has 0 amide bonds. The predicted molar refractivity (Wildman–Crippen MR) is 52.6 cm³/mol. The summed E-state index contributed by atoms with van der Waals surface area (Å²) >= 11 is 0. The summed E-state index contributed by atoms with van der Waals surface area (Å²) in [6.45, 7) is 10.4.